The van der Waals surface area contributed by atoms with Crippen LogP contribution in [0, 0.1) is 5.92 Å². The molecule has 0 saturated carbocycles. The number of Topliss-reactive ketones (excluding diaryl/α,β-unsaturated/α-hetero) is 1. The van der Waals surface area contributed by atoms with Crippen LogP contribution in [0.3, 0.4) is 0 Å². The smallest absolute Gasteiger partial charge is 0.336 e. The van der Waals surface area contributed by atoms with Crippen LogP contribution in [0.4, 0.5) is 0 Å². The molecule has 2 heterocycles. The number of dihydropyridines is 1. The lowest BCUT2D eigenvalue weighted by Gasteiger charge is -2.39. The first-order chi connectivity index (χ1) is 17.9. The highest BCUT2D eigenvalue weighted by molar-refractivity contribution is 7.10. The Labute approximate surface area is 221 Å². The van der Waals surface area contributed by atoms with Crippen LogP contribution in [0.25, 0.3) is 0 Å². The van der Waals surface area contributed by atoms with Gasteiger partial charge in [-0.3, -0.25) is 9.59 Å². The van der Waals surface area contributed by atoms with Crippen LogP contribution < -0.4 is 10.1 Å². The molecule has 37 heavy (non-hydrogen) atoms. The van der Waals surface area contributed by atoms with Crippen molar-refractivity contribution in [3.63, 3.8) is 0 Å². The lowest BCUT2D eigenvalue weighted by molar-refractivity contribution is -0.152. The SMILES string of the molecule is CCCC1=C(C(=O)OCC)[C@H](c2ccc(OC)cc2)C2=C(C[C@@H](c3cccs3)[C@H](C(=O)OCC)C2=O)N1. The number of esters is 2. The number of allylic oxidation sites excluding steroid dienone is 3. The third-order valence-electron chi connectivity index (χ3n) is 6.80. The van der Waals surface area contributed by atoms with Gasteiger partial charge < -0.3 is 19.5 Å². The number of methoxy groups -OCH3 is 1. The Morgan fingerprint density at radius 2 is 1.78 bits per heavy atom. The summed E-state index contributed by atoms with van der Waals surface area (Å²) < 4.78 is 16.2. The maximum atomic E-state index is 14.3. The second kappa shape index (κ2) is 11.8. The summed E-state index contributed by atoms with van der Waals surface area (Å²) in [5.74, 6) is -2.66. The number of nitrogens with one attached hydrogen (secondary N) is 1. The van der Waals surface area contributed by atoms with Gasteiger partial charge in [0.1, 0.15) is 11.7 Å². The minimum absolute atomic E-state index is 0.181. The molecule has 7 nitrogen and oxygen atoms in total. The Hall–Kier alpha value is -3.39. The van der Waals surface area contributed by atoms with Crippen molar-refractivity contribution in [3.05, 3.63) is 74.8 Å². The molecule has 196 valence electrons. The van der Waals surface area contributed by atoms with Gasteiger partial charge in [-0.2, -0.15) is 0 Å². The number of benzene rings is 1. The second-order valence-corrected chi connectivity index (χ2v) is 9.99. The molecule has 0 spiro atoms. The Kier molecular flexibility index (Phi) is 8.48. The third kappa shape index (κ3) is 5.21. The molecule has 1 aliphatic heterocycles. The van der Waals surface area contributed by atoms with Gasteiger partial charge in [0.05, 0.1) is 25.9 Å². The van der Waals surface area contributed by atoms with Crippen LogP contribution in [-0.4, -0.2) is 38.0 Å². The molecule has 1 aliphatic carbocycles. The summed E-state index contributed by atoms with van der Waals surface area (Å²) in [6.45, 7) is 5.93. The van der Waals surface area contributed by atoms with Gasteiger partial charge >= 0.3 is 11.9 Å². The van der Waals surface area contributed by atoms with Crippen molar-refractivity contribution in [3.8, 4) is 5.75 Å². The monoisotopic (exact) mass is 523 g/mol. The van der Waals surface area contributed by atoms with Gasteiger partial charge in [-0.1, -0.05) is 31.5 Å². The zero-order valence-electron chi connectivity index (χ0n) is 21.7. The van der Waals surface area contributed by atoms with E-state index in [1.54, 1.807) is 21.0 Å². The van der Waals surface area contributed by atoms with Crippen molar-refractivity contribution in [2.75, 3.05) is 20.3 Å². The van der Waals surface area contributed by atoms with E-state index in [0.717, 1.165) is 28.3 Å². The van der Waals surface area contributed by atoms with Crippen LogP contribution in [-0.2, 0) is 23.9 Å². The van der Waals surface area contributed by atoms with Gasteiger partial charge in [-0.15, -0.1) is 11.3 Å². The Morgan fingerprint density at radius 1 is 1.05 bits per heavy atom. The average Bonchev–Trinajstić information content (AvgIpc) is 3.43. The van der Waals surface area contributed by atoms with Crippen LogP contribution in [0.15, 0.2) is 64.3 Å². The molecule has 8 heteroatoms. The van der Waals surface area contributed by atoms with Gasteiger partial charge in [0.25, 0.3) is 0 Å². The molecular formula is C29H33NO6S. The lowest BCUT2D eigenvalue weighted by Crippen LogP contribution is -2.43. The topological polar surface area (TPSA) is 90.9 Å². The minimum atomic E-state index is -0.990. The minimum Gasteiger partial charge on any atom is -0.497 e. The quantitative estimate of drug-likeness (QED) is 0.355. The number of rotatable bonds is 9. The molecule has 0 unspecified atom stereocenters. The number of ketones is 1. The Balaban J connectivity index is 1.91. The van der Waals surface area contributed by atoms with E-state index >= 15 is 0 Å². The van der Waals surface area contributed by atoms with Gasteiger partial charge in [-0.05, 0) is 55.8 Å². The summed E-state index contributed by atoms with van der Waals surface area (Å²) in [4.78, 5) is 41.8. The number of thiophene rings is 1. The summed E-state index contributed by atoms with van der Waals surface area (Å²) in [6.07, 6.45) is 1.88. The number of carbonyl (C=O) groups is 3. The molecule has 1 N–H and O–H groups in total. The van der Waals surface area contributed by atoms with Crippen LogP contribution >= 0.6 is 11.3 Å². The molecule has 0 fully saturated rings. The number of ether oxygens (including phenoxy) is 3. The third-order valence-corrected chi connectivity index (χ3v) is 7.80. The normalized spacial score (nSPS) is 21.3. The molecule has 2 aliphatic rings. The van der Waals surface area contributed by atoms with E-state index in [9.17, 15) is 14.4 Å². The number of hydrogen-bond donors (Lipinski definition) is 1. The van der Waals surface area contributed by atoms with Gasteiger partial charge in [0, 0.05) is 33.7 Å². The standard InChI is InChI=1S/C29H33NO6S/c1-5-9-20-26(29(33)36-7-3)23(17-11-13-18(34-4)14-12-17)25-21(30-20)16-19(22-10-8-15-37-22)24(27(25)31)28(32)35-6-2/h8,10-15,19,23-24,30H,5-7,9,16H2,1-4H3/t19-,23+,24-/m0/s1. The van der Waals surface area contributed by atoms with E-state index < -0.39 is 23.8 Å². The first kappa shape index (κ1) is 26.7. The fraction of sp³-hybridized carbons (Fsp3) is 0.414. The molecule has 4 rings (SSSR count). The van der Waals surface area contributed by atoms with E-state index in [1.807, 2.05) is 48.7 Å². The zero-order valence-corrected chi connectivity index (χ0v) is 22.5. The predicted octanol–water partition coefficient (Wildman–Crippen LogP) is 5.25. The van der Waals surface area contributed by atoms with Crippen molar-refractivity contribution in [1.29, 1.82) is 0 Å². The van der Waals surface area contributed by atoms with E-state index in [2.05, 4.69) is 5.32 Å². The molecular weight excluding hydrogens is 490 g/mol. The van der Waals surface area contributed by atoms with Crippen LogP contribution in [0.5, 0.6) is 5.75 Å². The summed E-state index contributed by atoms with van der Waals surface area (Å²) in [5.41, 5.74) is 3.11. The second-order valence-electron chi connectivity index (χ2n) is 9.01. The van der Waals surface area contributed by atoms with E-state index in [0.29, 0.717) is 29.7 Å². The van der Waals surface area contributed by atoms with E-state index in [-0.39, 0.29) is 24.9 Å². The average molecular weight is 524 g/mol. The fourth-order valence-corrected chi connectivity index (χ4v) is 6.11. The zero-order chi connectivity index (χ0) is 26.5. The first-order valence-electron chi connectivity index (χ1n) is 12.7. The molecule has 1 aromatic heterocycles. The van der Waals surface area contributed by atoms with Crippen molar-refractivity contribution < 1.29 is 28.6 Å². The Bertz CT molecular complexity index is 1210. The van der Waals surface area contributed by atoms with Gasteiger partial charge in [0.2, 0.25) is 0 Å². The van der Waals surface area contributed by atoms with Crippen molar-refractivity contribution in [2.45, 2.75) is 51.9 Å². The molecule has 3 atom stereocenters. The highest BCUT2D eigenvalue weighted by Crippen LogP contribution is 2.49. The summed E-state index contributed by atoms with van der Waals surface area (Å²) in [6, 6.07) is 11.2. The first-order valence-corrected chi connectivity index (χ1v) is 13.6. The Morgan fingerprint density at radius 3 is 2.38 bits per heavy atom. The van der Waals surface area contributed by atoms with Crippen molar-refractivity contribution in [1.82, 2.24) is 5.32 Å². The predicted molar refractivity (Wildman–Crippen MR) is 141 cm³/mol. The van der Waals surface area contributed by atoms with Crippen LogP contribution in [0.2, 0.25) is 0 Å². The summed E-state index contributed by atoms with van der Waals surface area (Å²) in [5, 5.41) is 5.39. The number of carbonyl (C=O) groups excluding carboxylic acids is 3. The summed E-state index contributed by atoms with van der Waals surface area (Å²) in [7, 11) is 1.59. The molecule has 2 aromatic rings. The maximum Gasteiger partial charge on any atom is 0.336 e. The largest absolute Gasteiger partial charge is 0.497 e. The molecule has 0 radical (unpaired) electrons. The molecule has 0 amide bonds. The van der Waals surface area contributed by atoms with Gasteiger partial charge in [-0.25, -0.2) is 4.79 Å². The van der Waals surface area contributed by atoms with E-state index in [1.165, 1.54) is 11.3 Å². The molecule has 0 saturated heterocycles. The highest BCUT2D eigenvalue weighted by Gasteiger charge is 2.49. The van der Waals surface area contributed by atoms with Crippen molar-refractivity contribution >= 4 is 29.1 Å². The van der Waals surface area contributed by atoms with Crippen molar-refractivity contribution in [2.24, 2.45) is 5.92 Å². The van der Waals surface area contributed by atoms with E-state index in [4.69, 9.17) is 14.2 Å². The summed E-state index contributed by atoms with van der Waals surface area (Å²) >= 11 is 1.52. The van der Waals surface area contributed by atoms with Gasteiger partial charge in [0.15, 0.2) is 5.78 Å². The number of hydrogen-bond acceptors (Lipinski definition) is 8. The van der Waals surface area contributed by atoms with Crippen LogP contribution in [0.1, 0.15) is 62.3 Å². The highest BCUT2D eigenvalue weighted by atomic mass is 32.1. The maximum absolute atomic E-state index is 14.3. The molecule has 1 aromatic carbocycles. The molecule has 0 bridgehead atoms. The lowest BCUT2D eigenvalue weighted by atomic mass is 9.68. The fourth-order valence-electron chi connectivity index (χ4n) is 5.25.